The molecule has 2 N–H and O–H groups in total. The highest BCUT2D eigenvalue weighted by Gasteiger charge is 2.27. The van der Waals surface area contributed by atoms with Crippen LogP contribution in [0.15, 0.2) is 22.7 Å². The van der Waals surface area contributed by atoms with E-state index in [9.17, 15) is 13.2 Å². The lowest BCUT2D eigenvalue weighted by Crippen LogP contribution is -2.25. The maximum atomic E-state index is 12.1. The van der Waals surface area contributed by atoms with Crippen molar-refractivity contribution in [1.29, 1.82) is 0 Å². The molecule has 0 aromatic heterocycles. The molecule has 0 saturated heterocycles. The van der Waals surface area contributed by atoms with Crippen LogP contribution in [0.25, 0.3) is 0 Å². The monoisotopic (exact) mass is 310 g/mol. The molecule has 0 aliphatic heterocycles. The lowest BCUT2D eigenvalue weighted by Gasteiger charge is -2.23. The van der Waals surface area contributed by atoms with Crippen molar-refractivity contribution in [3.63, 3.8) is 0 Å². The molecule has 0 radical (unpaired) electrons. The summed E-state index contributed by atoms with van der Waals surface area (Å²) in [6, 6.07) is 5.38. The zero-order valence-electron chi connectivity index (χ0n) is 9.39. The van der Waals surface area contributed by atoms with Crippen LogP contribution in [0.5, 0.6) is 0 Å². The molecule has 1 aromatic rings. The van der Waals surface area contributed by atoms with Crippen molar-refractivity contribution < 1.29 is 13.2 Å². The molecule has 0 fully saturated rings. The average Bonchev–Trinajstić information content (AvgIpc) is 2.24. The Morgan fingerprint density at radius 2 is 2.00 bits per heavy atom. The fourth-order valence-corrected chi connectivity index (χ4v) is 1.91. The highest BCUT2D eigenvalue weighted by Crippen LogP contribution is 2.26. The molecule has 0 heterocycles. The smallest absolute Gasteiger partial charge is 0.374 e. The largest absolute Gasteiger partial charge is 0.390 e. The van der Waals surface area contributed by atoms with Crippen LogP contribution in [0.1, 0.15) is 12.0 Å². The first kappa shape index (κ1) is 14.3. The summed E-state index contributed by atoms with van der Waals surface area (Å²) in [5.74, 6) is 0. The number of alkyl halides is 3. The Morgan fingerprint density at radius 3 is 2.53 bits per heavy atom. The van der Waals surface area contributed by atoms with Crippen molar-refractivity contribution in [3.8, 4) is 0 Å². The highest BCUT2D eigenvalue weighted by molar-refractivity contribution is 9.10. The second-order valence-corrected chi connectivity index (χ2v) is 4.68. The molecule has 96 valence electrons. The molecule has 17 heavy (non-hydrogen) atoms. The van der Waals surface area contributed by atoms with Crippen molar-refractivity contribution in [1.82, 2.24) is 0 Å². The van der Waals surface area contributed by atoms with Crippen molar-refractivity contribution in [2.24, 2.45) is 5.73 Å². The fraction of sp³-hybridized carbons (Fsp3) is 0.455. The van der Waals surface area contributed by atoms with Crippen LogP contribution in [-0.4, -0.2) is 19.8 Å². The number of rotatable bonds is 4. The number of hydrogen-bond donors (Lipinski definition) is 1. The van der Waals surface area contributed by atoms with Crippen LogP contribution in [0.4, 0.5) is 18.9 Å². The van der Waals surface area contributed by atoms with Crippen LogP contribution in [0, 0.1) is 0 Å². The highest BCUT2D eigenvalue weighted by atomic mass is 79.9. The molecule has 0 aliphatic rings. The zero-order valence-corrected chi connectivity index (χ0v) is 11.0. The van der Waals surface area contributed by atoms with Gasteiger partial charge in [-0.2, -0.15) is 13.2 Å². The van der Waals surface area contributed by atoms with Gasteiger partial charge in [0, 0.05) is 30.3 Å². The molecule has 1 rings (SSSR count). The van der Waals surface area contributed by atoms with Crippen LogP contribution < -0.4 is 10.6 Å². The lowest BCUT2D eigenvalue weighted by atomic mass is 10.1. The van der Waals surface area contributed by atoms with E-state index in [4.69, 9.17) is 5.73 Å². The summed E-state index contributed by atoms with van der Waals surface area (Å²) >= 11 is 3.30. The molecule has 0 bridgehead atoms. The van der Waals surface area contributed by atoms with Gasteiger partial charge >= 0.3 is 6.18 Å². The van der Waals surface area contributed by atoms with Gasteiger partial charge in [0.2, 0.25) is 0 Å². The molecule has 2 nitrogen and oxygen atoms in total. The Bertz CT molecular complexity index is 379. The molecule has 0 spiro atoms. The summed E-state index contributed by atoms with van der Waals surface area (Å²) in [5, 5.41) is 0. The number of nitrogens with zero attached hydrogens (tertiary/aromatic N) is 1. The second kappa shape index (κ2) is 5.73. The van der Waals surface area contributed by atoms with Gasteiger partial charge in [-0.05, 0) is 23.8 Å². The van der Waals surface area contributed by atoms with E-state index in [1.54, 1.807) is 24.1 Å². The summed E-state index contributed by atoms with van der Waals surface area (Å²) in [4.78, 5) is 1.57. The molecule has 0 aliphatic carbocycles. The molecule has 6 heteroatoms. The van der Waals surface area contributed by atoms with Gasteiger partial charge in [0.1, 0.15) is 0 Å². The Morgan fingerprint density at radius 1 is 1.35 bits per heavy atom. The minimum atomic E-state index is -4.13. The van der Waals surface area contributed by atoms with Gasteiger partial charge in [-0.15, -0.1) is 0 Å². The third-order valence-electron chi connectivity index (χ3n) is 2.40. The average molecular weight is 311 g/mol. The number of halogens is 4. The molecule has 0 atom stereocenters. The van der Waals surface area contributed by atoms with Crippen LogP contribution in [0.3, 0.4) is 0 Å². The maximum absolute atomic E-state index is 12.1. The maximum Gasteiger partial charge on any atom is 0.390 e. The minimum Gasteiger partial charge on any atom is -0.374 e. The minimum absolute atomic E-state index is 0.0713. The number of anilines is 1. The second-order valence-electron chi connectivity index (χ2n) is 3.76. The first-order valence-corrected chi connectivity index (χ1v) is 5.89. The molecule has 0 amide bonds. The standard InChI is InChI=1S/C11H14BrF3N2/c1-17(5-4-11(13,14)15)10-3-2-9(12)6-8(10)7-16/h2-3,6H,4-5,7,16H2,1H3. The summed E-state index contributed by atoms with van der Waals surface area (Å²) in [6.45, 7) is 0.225. The van der Waals surface area contributed by atoms with E-state index in [2.05, 4.69) is 15.9 Å². The van der Waals surface area contributed by atoms with Gasteiger partial charge in [0.25, 0.3) is 0 Å². The Kier molecular flexibility index (Phi) is 4.82. The number of hydrogen-bond acceptors (Lipinski definition) is 2. The predicted octanol–water partition coefficient (Wildman–Crippen LogP) is 3.30. The fourth-order valence-electron chi connectivity index (χ4n) is 1.50. The van der Waals surface area contributed by atoms with E-state index >= 15 is 0 Å². The molecule has 0 saturated carbocycles. The van der Waals surface area contributed by atoms with Gasteiger partial charge in [0.05, 0.1) is 6.42 Å². The molecular formula is C11H14BrF3N2. The van der Waals surface area contributed by atoms with Gasteiger partial charge < -0.3 is 10.6 Å². The summed E-state index contributed by atoms with van der Waals surface area (Å²) in [5.41, 5.74) is 7.13. The van der Waals surface area contributed by atoms with Crippen LogP contribution in [-0.2, 0) is 6.54 Å². The van der Waals surface area contributed by atoms with Crippen molar-refractivity contribution in [2.75, 3.05) is 18.5 Å². The number of nitrogens with two attached hydrogens (primary N) is 1. The third kappa shape index (κ3) is 4.55. The predicted molar refractivity (Wildman–Crippen MR) is 66.0 cm³/mol. The van der Waals surface area contributed by atoms with E-state index in [1.165, 1.54) is 0 Å². The topological polar surface area (TPSA) is 29.3 Å². The van der Waals surface area contributed by atoms with Crippen LogP contribution >= 0.6 is 15.9 Å². The van der Waals surface area contributed by atoms with E-state index in [0.29, 0.717) is 6.54 Å². The first-order chi connectivity index (χ1) is 7.83. The van der Waals surface area contributed by atoms with E-state index in [-0.39, 0.29) is 6.54 Å². The first-order valence-electron chi connectivity index (χ1n) is 5.10. The van der Waals surface area contributed by atoms with Crippen molar-refractivity contribution in [2.45, 2.75) is 19.1 Å². The van der Waals surface area contributed by atoms with Crippen molar-refractivity contribution in [3.05, 3.63) is 28.2 Å². The SMILES string of the molecule is CN(CCC(F)(F)F)c1ccc(Br)cc1CN. The van der Waals surface area contributed by atoms with E-state index < -0.39 is 12.6 Å². The third-order valence-corrected chi connectivity index (χ3v) is 2.90. The van der Waals surface area contributed by atoms with Gasteiger partial charge in [0.15, 0.2) is 0 Å². The normalized spacial score (nSPS) is 11.6. The van der Waals surface area contributed by atoms with Crippen molar-refractivity contribution >= 4 is 21.6 Å². The summed E-state index contributed by atoms with van der Waals surface area (Å²) in [7, 11) is 1.63. The molecule has 0 unspecified atom stereocenters. The summed E-state index contributed by atoms with van der Waals surface area (Å²) in [6.07, 6.45) is -4.96. The van der Waals surface area contributed by atoms with E-state index in [0.717, 1.165) is 15.7 Å². The zero-order chi connectivity index (χ0) is 13.1. The Hall–Kier alpha value is -0.750. The summed E-state index contributed by atoms with van der Waals surface area (Å²) < 4.78 is 37.2. The Labute approximate surface area is 107 Å². The van der Waals surface area contributed by atoms with Crippen LogP contribution in [0.2, 0.25) is 0 Å². The lowest BCUT2D eigenvalue weighted by molar-refractivity contribution is -0.132. The molecular weight excluding hydrogens is 297 g/mol. The van der Waals surface area contributed by atoms with Gasteiger partial charge in [-0.25, -0.2) is 0 Å². The quantitative estimate of drug-likeness (QED) is 0.924. The van der Waals surface area contributed by atoms with Gasteiger partial charge in [-0.3, -0.25) is 0 Å². The molecule has 1 aromatic carbocycles. The van der Waals surface area contributed by atoms with E-state index in [1.807, 2.05) is 6.07 Å². The van der Waals surface area contributed by atoms with Gasteiger partial charge in [-0.1, -0.05) is 15.9 Å². The Balaban J connectivity index is 2.78. The number of benzene rings is 1.